The fraction of sp³-hybridized carbons (Fsp3) is 0.520. The number of aromatic nitrogens is 1. The number of carbonyl (C=O) groups is 4. The van der Waals surface area contributed by atoms with Gasteiger partial charge in [-0.25, -0.2) is 0 Å². The van der Waals surface area contributed by atoms with Crippen molar-refractivity contribution in [2.45, 2.75) is 45.1 Å². The minimum absolute atomic E-state index is 0.0815. The maximum absolute atomic E-state index is 13.4. The van der Waals surface area contributed by atoms with Gasteiger partial charge in [-0.05, 0) is 43.2 Å². The highest BCUT2D eigenvalue weighted by atomic mass is 16.2. The van der Waals surface area contributed by atoms with Crippen LogP contribution in [0.2, 0.25) is 0 Å². The number of aldehydes is 1. The Labute approximate surface area is 193 Å². The summed E-state index contributed by atoms with van der Waals surface area (Å²) in [7, 11) is 0. The average Bonchev–Trinajstić information content (AvgIpc) is 3.52. The molecule has 8 nitrogen and oxygen atoms in total. The Morgan fingerprint density at radius 3 is 2.73 bits per heavy atom. The number of hydrogen-bond acceptors (Lipinski definition) is 4. The standard InChI is InChI=1S/C25H32N4O4/c1-16-5-4-7-19(16)13-29(25(33)22-12-17-6-2-3-8-21(17)28-22)14-23(31)27-20(15-30)11-18-9-10-26-24(18)32/h2-3,6,8,12,15-16,18-20,28H,4-5,7,9-11,13-14H2,1H3,(H,26,32)(H,27,31)/t16-,18-,19-,20-/m0/s1. The lowest BCUT2D eigenvalue weighted by Crippen LogP contribution is -2.47. The summed E-state index contributed by atoms with van der Waals surface area (Å²) < 4.78 is 0. The predicted molar refractivity (Wildman–Crippen MR) is 124 cm³/mol. The van der Waals surface area contributed by atoms with E-state index in [-0.39, 0.29) is 36.6 Å². The van der Waals surface area contributed by atoms with Gasteiger partial charge < -0.3 is 25.3 Å². The summed E-state index contributed by atoms with van der Waals surface area (Å²) >= 11 is 0. The summed E-state index contributed by atoms with van der Waals surface area (Å²) in [6.07, 6.45) is 4.89. The maximum atomic E-state index is 13.4. The van der Waals surface area contributed by atoms with Gasteiger partial charge in [0.1, 0.15) is 12.0 Å². The highest BCUT2D eigenvalue weighted by Crippen LogP contribution is 2.32. The molecule has 2 fully saturated rings. The highest BCUT2D eigenvalue weighted by molar-refractivity contribution is 5.99. The third kappa shape index (κ3) is 5.43. The van der Waals surface area contributed by atoms with E-state index in [2.05, 4.69) is 22.5 Å². The zero-order valence-corrected chi connectivity index (χ0v) is 19.0. The third-order valence-corrected chi connectivity index (χ3v) is 7.09. The van der Waals surface area contributed by atoms with Crippen LogP contribution in [-0.4, -0.2) is 59.6 Å². The van der Waals surface area contributed by atoms with Gasteiger partial charge in [0.25, 0.3) is 5.91 Å². The Morgan fingerprint density at radius 1 is 1.24 bits per heavy atom. The Morgan fingerprint density at radius 2 is 2.06 bits per heavy atom. The molecule has 2 heterocycles. The molecule has 4 rings (SSSR count). The van der Waals surface area contributed by atoms with Crippen molar-refractivity contribution in [2.24, 2.45) is 17.8 Å². The quantitative estimate of drug-likeness (QED) is 0.507. The van der Waals surface area contributed by atoms with E-state index in [0.717, 1.165) is 30.2 Å². The van der Waals surface area contributed by atoms with Crippen molar-refractivity contribution in [3.8, 4) is 0 Å². The van der Waals surface area contributed by atoms with Crippen LogP contribution in [0.1, 0.15) is 49.5 Å². The summed E-state index contributed by atoms with van der Waals surface area (Å²) in [5.41, 5.74) is 1.32. The molecule has 3 amide bonds. The Kier molecular flexibility index (Phi) is 7.11. The van der Waals surface area contributed by atoms with Gasteiger partial charge in [-0.2, -0.15) is 0 Å². The number of aromatic amines is 1. The molecule has 1 saturated carbocycles. The van der Waals surface area contributed by atoms with Crippen LogP contribution >= 0.6 is 0 Å². The van der Waals surface area contributed by atoms with Crippen LogP contribution in [-0.2, 0) is 14.4 Å². The van der Waals surface area contributed by atoms with Crippen molar-refractivity contribution in [1.82, 2.24) is 20.5 Å². The smallest absolute Gasteiger partial charge is 0.270 e. The van der Waals surface area contributed by atoms with E-state index in [1.54, 1.807) is 4.90 Å². The molecule has 1 aromatic heterocycles. The number of nitrogens with zero attached hydrogens (tertiary/aromatic N) is 1. The normalized spacial score (nSPS) is 23.3. The van der Waals surface area contributed by atoms with Crippen molar-refractivity contribution in [3.05, 3.63) is 36.0 Å². The molecule has 1 aromatic carbocycles. The van der Waals surface area contributed by atoms with E-state index in [4.69, 9.17) is 0 Å². The molecule has 0 spiro atoms. The highest BCUT2D eigenvalue weighted by Gasteiger charge is 2.31. The van der Waals surface area contributed by atoms with E-state index < -0.39 is 6.04 Å². The number of carbonyl (C=O) groups excluding carboxylic acids is 4. The number of hydrogen-bond donors (Lipinski definition) is 3. The van der Waals surface area contributed by atoms with Crippen LogP contribution in [0.5, 0.6) is 0 Å². The van der Waals surface area contributed by atoms with E-state index in [1.807, 2.05) is 30.3 Å². The molecule has 3 N–H and O–H groups in total. The van der Waals surface area contributed by atoms with E-state index in [0.29, 0.717) is 43.3 Å². The molecule has 1 aliphatic carbocycles. The van der Waals surface area contributed by atoms with Gasteiger partial charge in [-0.3, -0.25) is 14.4 Å². The first-order valence-corrected chi connectivity index (χ1v) is 11.8. The Bertz CT molecular complexity index is 999. The fourth-order valence-electron chi connectivity index (χ4n) is 5.11. The molecule has 1 saturated heterocycles. The van der Waals surface area contributed by atoms with Crippen LogP contribution in [0.3, 0.4) is 0 Å². The molecule has 0 bridgehead atoms. The summed E-state index contributed by atoms with van der Waals surface area (Å²) in [6.45, 7) is 3.16. The average molecular weight is 453 g/mol. The van der Waals surface area contributed by atoms with Crippen molar-refractivity contribution >= 4 is 34.9 Å². The van der Waals surface area contributed by atoms with Gasteiger partial charge in [-0.1, -0.05) is 38.0 Å². The zero-order chi connectivity index (χ0) is 23.4. The molecule has 8 heteroatoms. The number of benzene rings is 1. The Balaban J connectivity index is 1.46. The summed E-state index contributed by atoms with van der Waals surface area (Å²) in [5.74, 6) is -0.130. The van der Waals surface area contributed by atoms with E-state index >= 15 is 0 Å². The minimum atomic E-state index is -0.748. The summed E-state index contributed by atoms with van der Waals surface area (Å²) in [5, 5.41) is 6.41. The zero-order valence-electron chi connectivity index (χ0n) is 19.0. The lowest BCUT2D eigenvalue weighted by atomic mass is 9.97. The lowest BCUT2D eigenvalue weighted by Gasteiger charge is -2.27. The molecule has 0 unspecified atom stereocenters. The van der Waals surface area contributed by atoms with Crippen molar-refractivity contribution < 1.29 is 19.2 Å². The van der Waals surface area contributed by atoms with E-state index in [9.17, 15) is 19.2 Å². The first kappa shape index (κ1) is 23.0. The van der Waals surface area contributed by atoms with E-state index in [1.165, 1.54) is 0 Å². The van der Waals surface area contributed by atoms with Gasteiger partial charge in [-0.15, -0.1) is 0 Å². The molecule has 33 heavy (non-hydrogen) atoms. The molecule has 1 aliphatic heterocycles. The fourth-order valence-corrected chi connectivity index (χ4v) is 5.11. The van der Waals surface area contributed by atoms with Crippen LogP contribution in [0, 0.1) is 17.8 Å². The molecule has 4 atom stereocenters. The first-order valence-electron chi connectivity index (χ1n) is 11.8. The molecule has 0 radical (unpaired) electrons. The summed E-state index contributed by atoms with van der Waals surface area (Å²) in [4.78, 5) is 54.4. The van der Waals surface area contributed by atoms with Crippen LogP contribution in [0.15, 0.2) is 30.3 Å². The molecular weight excluding hydrogens is 420 g/mol. The first-order chi connectivity index (χ1) is 15.9. The van der Waals surface area contributed by atoms with Gasteiger partial charge in [0, 0.05) is 29.9 Å². The number of amides is 3. The lowest BCUT2D eigenvalue weighted by molar-refractivity contribution is -0.126. The van der Waals surface area contributed by atoms with Crippen molar-refractivity contribution in [1.29, 1.82) is 0 Å². The second-order valence-electron chi connectivity index (χ2n) is 9.45. The van der Waals surface area contributed by atoms with Gasteiger partial charge in [0.2, 0.25) is 11.8 Å². The maximum Gasteiger partial charge on any atom is 0.270 e. The largest absolute Gasteiger partial charge is 0.356 e. The summed E-state index contributed by atoms with van der Waals surface area (Å²) in [6, 6.07) is 8.74. The molecule has 2 aliphatic rings. The van der Waals surface area contributed by atoms with Crippen LogP contribution in [0.4, 0.5) is 0 Å². The topological polar surface area (TPSA) is 111 Å². The van der Waals surface area contributed by atoms with Gasteiger partial charge >= 0.3 is 0 Å². The Hall–Kier alpha value is -3.16. The number of H-pyrrole nitrogens is 1. The number of rotatable bonds is 9. The van der Waals surface area contributed by atoms with Crippen LogP contribution in [0.25, 0.3) is 10.9 Å². The van der Waals surface area contributed by atoms with Gasteiger partial charge in [0.05, 0.1) is 12.6 Å². The second-order valence-corrected chi connectivity index (χ2v) is 9.45. The molecule has 2 aromatic rings. The number of nitrogens with one attached hydrogen (secondary N) is 3. The van der Waals surface area contributed by atoms with Crippen molar-refractivity contribution in [3.63, 3.8) is 0 Å². The number of fused-ring (bicyclic) bond motifs is 1. The monoisotopic (exact) mass is 452 g/mol. The molecule has 176 valence electrons. The van der Waals surface area contributed by atoms with Crippen molar-refractivity contribution in [2.75, 3.05) is 19.6 Å². The second kappa shape index (κ2) is 10.2. The minimum Gasteiger partial charge on any atom is -0.356 e. The SMILES string of the molecule is C[C@H]1CCC[C@H]1CN(CC(=O)N[C@H](C=O)C[C@@H]1CCNC1=O)C(=O)c1cc2ccccc2[nH]1. The van der Waals surface area contributed by atoms with Crippen LogP contribution < -0.4 is 10.6 Å². The van der Waals surface area contributed by atoms with Gasteiger partial charge in [0.15, 0.2) is 0 Å². The molecular formula is C25H32N4O4. The predicted octanol–water partition coefficient (Wildman–Crippen LogP) is 2.26. The third-order valence-electron chi connectivity index (χ3n) is 7.09. The number of para-hydroxylation sites is 1.